The number of rotatable bonds is 4. The van der Waals surface area contributed by atoms with Crippen LogP contribution in [0, 0.1) is 0 Å². The lowest BCUT2D eigenvalue weighted by atomic mass is 10.1. The number of hydrogen-bond acceptors (Lipinski definition) is 3. The van der Waals surface area contributed by atoms with Crippen molar-refractivity contribution >= 4 is 27.1 Å². The first kappa shape index (κ1) is 12.9. The van der Waals surface area contributed by atoms with Gasteiger partial charge in [-0.05, 0) is 48.1 Å². The van der Waals surface area contributed by atoms with E-state index in [-0.39, 0.29) is 5.56 Å². The molecule has 0 atom stereocenters. The van der Waals surface area contributed by atoms with E-state index in [9.17, 15) is 4.79 Å². The molecule has 0 radical (unpaired) electrons. The molecule has 0 saturated heterocycles. The smallest absolute Gasteiger partial charge is 0.259 e. The number of thiophene rings is 1. The van der Waals surface area contributed by atoms with Crippen molar-refractivity contribution in [2.45, 2.75) is 19.4 Å². The molecule has 0 aliphatic rings. The number of fused-ring (bicyclic) bond motifs is 1. The summed E-state index contributed by atoms with van der Waals surface area (Å²) in [7, 11) is 0. The van der Waals surface area contributed by atoms with Crippen molar-refractivity contribution in [2.75, 3.05) is 5.73 Å². The van der Waals surface area contributed by atoms with Crippen molar-refractivity contribution in [3.63, 3.8) is 0 Å². The number of nitrogens with two attached hydrogens (primary N) is 1. The van der Waals surface area contributed by atoms with Crippen LogP contribution in [0.3, 0.4) is 0 Å². The largest absolute Gasteiger partial charge is 0.399 e. The van der Waals surface area contributed by atoms with Gasteiger partial charge >= 0.3 is 0 Å². The van der Waals surface area contributed by atoms with E-state index in [2.05, 4.69) is 6.07 Å². The second kappa shape index (κ2) is 5.51. The molecule has 0 aliphatic carbocycles. The molecule has 2 aromatic heterocycles. The van der Waals surface area contributed by atoms with Crippen LogP contribution in [-0.4, -0.2) is 4.57 Å². The molecule has 0 fully saturated rings. The lowest BCUT2D eigenvalue weighted by molar-refractivity contribution is 0.627. The highest BCUT2D eigenvalue weighted by atomic mass is 32.1. The van der Waals surface area contributed by atoms with E-state index in [1.54, 1.807) is 15.9 Å². The van der Waals surface area contributed by atoms with Crippen LogP contribution in [0.15, 0.2) is 52.8 Å². The van der Waals surface area contributed by atoms with Gasteiger partial charge in [0.05, 0.1) is 5.39 Å². The van der Waals surface area contributed by atoms with E-state index in [1.807, 2.05) is 41.9 Å². The number of benzene rings is 1. The van der Waals surface area contributed by atoms with Crippen molar-refractivity contribution in [2.24, 2.45) is 0 Å². The van der Waals surface area contributed by atoms with Crippen molar-refractivity contribution in [3.05, 3.63) is 63.9 Å². The van der Waals surface area contributed by atoms with Crippen LogP contribution in [0.4, 0.5) is 5.69 Å². The van der Waals surface area contributed by atoms with Crippen LogP contribution in [0.5, 0.6) is 0 Å². The fourth-order valence-electron chi connectivity index (χ4n) is 2.39. The second-order valence-corrected chi connectivity index (χ2v) is 5.81. The van der Waals surface area contributed by atoms with Gasteiger partial charge in [-0.2, -0.15) is 0 Å². The fourth-order valence-corrected chi connectivity index (χ4v) is 3.16. The highest BCUT2D eigenvalue weighted by Crippen LogP contribution is 2.16. The monoisotopic (exact) mass is 284 g/mol. The van der Waals surface area contributed by atoms with Gasteiger partial charge < -0.3 is 10.3 Å². The molecule has 0 unspecified atom stereocenters. The minimum Gasteiger partial charge on any atom is -0.399 e. The first-order valence-corrected chi connectivity index (χ1v) is 7.53. The summed E-state index contributed by atoms with van der Waals surface area (Å²) in [5, 5.41) is 2.78. The average molecular weight is 284 g/mol. The van der Waals surface area contributed by atoms with E-state index in [4.69, 9.17) is 5.73 Å². The molecule has 0 amide bonds. The van der Waals surface area contributed by atoms with Gasteiger partial charge in [0.25, 0.3) is 5.56 Å². The molecule has 0 bridgehead atoms. The Morgan fingerprint density at radius 2 is 2.10 bits per heavy atom. The Balaban J connectivity index is 1.71. The SMILES string of the molecule is Nc1cccc(CCCn2ccc3sccc3c2=O)c1. The van der Waals surface area contributed by atoms with E-state index in [0.29, 0.717) is 0 Å². The molecule has 3 nitrogen and oxygen atoms in total. The molecule has 0 saturated carbocycles. The summed E-state index contributed by atoms with van der Waals surface area (Å²) in [6.07, 6.45) is 3.75. The topological polar surface area (TPSA) is 48.0 Å². The number of aromatic nitrogens is 1. The van der Waals surface area contributed by atoms with Crippen LogP contribution >= 0.6 is 11.3 Å². The summed E-state index contributed by atoms with van der Waals surface area (Å²) in [6.45, 7) is 0.736. The molecule has 4 heteroatoms. The molecule has 0 spiro atoms. The predicted octanol–water partition coefficient (Wildman–Crippen LogP) is 3.28. The average Bonchev–Trinajstić information content (AvgIpc) is 2.91. The Morgan fingerprint density at radius 3 is 2.95 bits per heavy atom. The molecular weight excluding hydrogens is 268 g/mol. The van der Waals surface area contributed by atoms with Crippen LogP contribution in [0.25, 0.3) is 10.1 Å². The van der Waals surface area contributed by atoms with Crippen LogP contribution in [0.1, 0.15) is 12.0 Å². The Bertz CT molecular complexity index is 788. The van der Waals surface area contributed by atoms with Crippen LogP contribution < -0.4 is 11.3 Å². The second-order valence-electron chi connectivity index (χ2n) is 4.86. The summed E-state index contributed by atoms with van der Waals surface area (Å²) in [4.78, 5) is 12.2. The van der Waals surface area contributed by atoms with Gasteiger partial charge in [-0.25, -0.2) is 0 Å². The maximum Gasteiger partial charge on any atom is 0.259 e. The highest BCUT2D eigenvalue weighted by Gasteiger charge is 2.03. The van der Waals surface area contributed by atoms with Gasteiger partial charge in [-0.3, -0.25) is 4.79 Å². The molecule has 1 aromatic carbocycles. The maximum absolute atomic E-state index is 12.2. The molecule has 3 aromatic rings. The zero-order valence-electron chi connectivity index (χ0n) is 11.1. The minimum atomic E-state index is 0.108. The molecular formula is C16H16N2OS. The quantitative estimate of drug-likeness (QED) is 0.747. The Kier molecular flexibility index (Phi) is 3.56. The van der Waals surface area contributed by atoms with Gasteiger partial charge in [0.15, 0.2) is 0 Å². The van der Waals surface area contributed by atoms with E-state index in [0.717, 1.165) is 35.2 Å². The predicted molar refractivity (Wildman–Crippen MR) is 85.3 cm³/mol. The van der Waals surface area contributed by atoms with Crippen molar-refractivity contribution in [3.8, 4) is 0 Å². The lowest BCUT2D eigenvalue weighted by Crippen LogP contribution is -2.19. The Hall–Kier alpha value is -2.07. The summed E-state index contributed by atoms with van der Waals surface area (Å²) in [5.74, 6) is 0. The molecule has 2 heterocycles. The molecule has 102 valence electrons. The minimum absolute atomic E-state index is 0.108. The first-order chi connectivity index (χ1) is 9.74. The third kappa shape index (κ3) is 2.60. The van der Waals surface area contributed by atoms with Gasteiger partial charge in [0.1, 0.15) is 0 Å². The third-order valence-corrected chi connectivity index (χ3v) is 4.29. The van der Waals surface area contributed by atoms with E-state index < -0.39 is 0 Å². The first-order valence-electron chi connectivity index (χ1n) is 6.65. The summed E-state index contributed by atoms with van der Waals surface area (Å²) < 4.78 is 2.85. The van der Waals surface area contributed by atoms with Gasteiger partial charge in [0, 0.05) is 23.1 Å². The number of aryl methyl sites for hydroxylation is 2. The summed E-state index contributed by atoms with van der Waals surface area (Å²) >= 11 is 1.61. The zero-order valence-corrected chi connectivity index (χ0v) is 11.9. The molecule has 3 rings (SSSR count). The number of nitrogens with zero attached hydrogens (tertiary/aromatic N) is 1. The normalized spacial score (nSPS) is 11.0. The Labute approximate surface area is 121 Å². The van der Waals surface area contributed by atoms with E-state index in [1.165, 1.54) is 5.56 Å². The molecule has 20 heavy (non-hydrogen) atoms. The fraction of sp³-hybridized carbons (Fsp3) is 0.188. The van der Waals surface area contributed by atoms with Gasteiger partial charge in [-0.1, -0.05) is 12.1 Å². The van der Waals surface area contributed by atoms with Crippen molar-refractivity contribution < 1.29 is 0 Å². The van der Waals surface area contributed by atoms with Gasteiger partial charge in [0.2, 0.25) is 0 Å². The molecule has 2 N–H and O–H groups in total. The van der Waals surface area contributed by atoms with Gasteiger partial charge in [-0.15, -0.1) is 11.3 Å². The zero-order chi connectivity index (χ0) is 13.9. The maximum atomic E-state index is 12.2. The van der Waals surface area contributed by atoms with Crippen molar-refractivity contribution in [1.29, 1.82) is 0 Å². The third-order valence-electron chi connectivity index (χ3n) is 3.41. The number of hydrogen-bond donors (Lipinski definition) is 1. The lowest BCUT2D eigenvalue weighted by Gasteiger charge is -2.06. The summed E-state index contributed by atoms with van der Waals surface area (Å²) in [5.41, 5.74) is 7.88. The van der Waals surface area contributed by atoms with E-state index >= 15 is 0 Å². The van der Waals surface area contributed by atoms with Crippen LogP contribution in [-0.2, 0) is 13.0 Å². The standard InChI is InChI=1S/C16H16N2OS/c17-13-5-1-3-12(11-13)4-2-8-18-9-6-15-14(16(18)19)7-10-20-15/h1,3,5-7,9-11H,2,4,8,17H2. The Morgan fingerprint density at radius 1 is 1.20 bits per heavy atom. The highest BCUT2D eigenvalue weighted by molar-refractivity contribution is 7.17. The number of anilines is 1. The van der Waals surface area contributed by atoms with Crippen LogP contribution in [0.2, 0.25) is 0 Å². The molecule has 0 aliphatic heterocycles. The number of nitrogen functional groups attached to an aromatic ring is 1. The number of pyridine rings is 1. The summed E-state index contributed by atoms with van der Waals surface area (Å²) in [6, 6.07) is 11.8. The van der Waals surface area contributed by atoms with Crippen molar-refractivity contribution in [1.82, 2.24) is 4.57 Å².